The van der Waals surface area contributed by atoms with Gasteiger partial charge in [0.1, 0.15) is 5.75 Å². The lowest BCUT2D eigenvalue weighted by molar-refractivity contribution is -0.143. The van der Waals surface area contributed by atoms with Crippen LogP contribution in [0.1, 0.15) is 45.2 Å². The van der Waals surface area contributed by atoms with Gasteiger partial charge in [-0.05, 0) is 62.9 Å². The highest BCUT2D eigenvalue weighted by Crippen LogP contribution is 2.32. The highest BCUT2D eigenvalue weighted by Gasteiger charge is 2.17. The molecular weight excluding hydrogens is 416 g/mol. The zero-order valence-corrected chi connectivity index (χ0v) is 19.0. The number of rotatable bonds is 9. The van der Waals surface area contributed by atoms with Gasteiger partial charge in [-0.1, -0.05) is 41.9 Å². The fourth-order valence-electron chi connectivity index (χ4n) is 3.40. The molecule has 31 heavy (non-hydrogen) atoms. The van der Waals surface area contributed by atoms with Gasteiger partial charge in [-0.3, -0.25) is 4.79 Å². The van der Waals surface area contributed by atoms with Crippen molar-refractivity contribution in [3.63, 3.8) is 0 Å². The minimum Gasteiger partial charge on any atom is -0.489 e. The standard InChI is InChI=1S/C24H27ClN2O4/c1-5-18-16(11-13-22(28)29-6-2)8-7-9-19(18)23-26-24(31-27-23)17-10-12-21(20(25)14-17)30-15(3)4/h7-10,12,14-15H,5-6,11,13H2,1-4H3. The Morgan fingerprint density at radius 3 is 2.68 bits per heavy atom. The molecule has 1 heterocycles. The van der Waals surface area contributed by atoms with Crippen molar-refractivity contribution in [3.05, 3.63) is 52.5 Å². The molecule has 0 aliphatic rings. The molecule has 0 saturated carbocycles. The van der Waals surface area contributed by atoms with E-state index in [2.05, 4.69) is 17.1 Å². The Hall–Kier alpha value is -2.86. The second kappa shape index (κ2) is 10.4. The largest absolute Gasteiger partial charge is 0.489 e. The summed E-state index contributed by atoms with van der Waals surface area (Å²) in [7, 11) is 0. The minimum absolute atomic E-state index is 0.0296. The summed E-state index contributed by atoms with van der Waals surface area (Å²) in [6.45, 7) is 8.16. The number of aryl methyl sites for hydroxylation is 1. The van der Waals surface area contributed by atoms with Gasteiger partial charge in [-0.25, -0.2) is 0 Å². The molecule has 0 spiro atoms. The topological polar surface area (TPSA) is 74.5 Å². The Kier molecular flexibility index (Phi) is 7.69. The van der Waals surface area contributed by atoms with E-state index >= 15 is 0 Å². The van der Waals surface area contributed by atoms with E-state index < -0.39 is 0 Å². The average molecular weight is 443 g/mol. The lowest BCUT2D eigenvalue weighted by atomic mass is 9.95. The van der Waals surface area contributed by atoms with Gasteiger partial charge in [0.05, 0.1) is 17.7 Å². The number of hydrogen-bond donors (Lipinski definition) is 0. The molecule has 2 aromatic carbocycles. The van der Waals surface area contributed by atoms with Crippen molar-refractivity contribution in [2.45, 2.75) is 53.1 Å². The van der Waals surface area contributed by atoms with Crippen LogP contribution in [0.2, 0.25) is 5.02 Å². The van der Waals surface area contributed by atoms with Crippen LogP contribution in [0.15, 0.2) is 40.9 Å². The Morgan fingerprint density at radius 2 is 2.00 bits per heavy atom. The predicted octanol–water partition coefficient (Wildman–Crippen LogP) is 5.90. The normalized spacial score (nSPS) is 11.0. The van der Waals surface area contributed by atoms with Gasteiger partial charge in [0.2, 0.25) is 5.82 Å². The van der Waals surface area contributed by atoms with Crippen LogP contribution in [-0.4, -0.2) is 28.8 Å². The molecule has 0 amide bonds. The number of benzene rings is 2. The lowest BCUT2D eigenvalue weighted by Gasteiger charge is -2.11. The molecule has 1 aromatic heterocycles. The van der Waals surface area contributed by atoms with Crippen LogP contribution < -0.4 is 4.74 Å². The molecule has 164 valence electrons. The second-order valence-corrected chi connectivity index (χ2v) is 7.74. The Bertz CT molecular complexity index is 1050. The van der Waals surface area contributed by atoms with Crippen LogP contribution in [0.25, 0.3) is 22.8 Å². The van der Waals surface area contributed by atoms with Gasteiger partial charge in [0, 0.05) is 17.5 Å². The molecule has 3 aromatic rings. The van der Waals surface area contributed by atoms with Crippen molar-refractivity contribution in [1.29, 1.82) is 0 Å². The third-order valence-electron chi connectivity index (χ3n) is 4.74. The molecule has 0 N–H and O–H groups in total. The summed E-state index contributed by atoms with van der Waals surface area (Å²) in [5.41, 5.74) is 3.79. The third-order valence-corrected chi connectivity index (χ3v) is 5.03. The van der Waals surface area contributed by atoms with E-state index in [0.29, 0.717) is 41.9 Å². The predicted molar refractivity (Wildman–Crippen MR) is 120 cm³/mol. The molecule has 0 unspecified atom stereocenters. The van der Waals surface area contributed by atoms with Gasteiger partial charge in [0.15, 0.2) is 0 Å². The summed E-state index contributed by atoms with van der Waals surface area (Å²) in [5, 5.41) is 4.67. The third kappa shape index (κ3) is 5.64. The number of carbonyl (C=O) groups is 1. The molecule has 3 rings (SSSR count). The molecule has 0 atom stereocenters. The van der Waals surface area contributed by atoms with E-state index in [1.54, 1.807) is 12.1 Å². The SMILES string of the molecule is CCOC(=O)CCc1cccc(-c2noc(-c3ccc(OC(C)C)c(Cl)c3)n2)c1CC. The number of carbonyl (C=O) groups excluding carboxylic acids is 1. The van der Waals surface area contributed by atoms with E-state index in [9.17, 15) is 4.79 Å². The Morgan fingerprint density at radius 1 is 1.19 bits per heavy atom. The van der Waals surface area contributed by atoms with Crippen LogP contribution in [0.4, 0.5) is 0 Å². The average Bonchev–Trinajstić information content (AvgIpc) is 3.23. The van der Waals surface area contributed by atoms with Crippen LogP contribution in [0.3, 0.4) is 0 Å². The van der Waals surface area contributed by atoms with E-state index in [1.807, 2.05) is 45.0 Å². The highest BCUT2D eigenvalue weighted by atomic mass is 35.5. The number of ether oxygens (including phenoxy) is 2. The van der Waals surface area contributed by atoms with Gasteiger partial charge in [0.25, 0.3) is 5.89 Å². The summed E-state index contributed by atoms with van der Waals surface area (Å²) >= 11 is 6.35. The van der Waals surface area contributed by atoms with Crippen molar-refractivity contribution in [1.82, 2.24) is 10.1 Å². The second-order valence-electron chi connectivity index (χ2n) is 7.34. The van der Waals surface area contributed by atoms with E-state index in [4.69, 9.17) is 25.6 Å². The van der Waals surface area contributed by atoms with Crippen LogP contribution in [0, 0.1) is 0 Å². The first-order valence-electron chi connectivity index (χ1n) is 10.5. The number of aromatic nitrogens is 2. The van der Waals surface area contributed by atoms with Crippen LogP contribution in [-0.2, 0) is 22.4 Å². The summed E-state index contributed by atoms with van der Waals surface area (Å²) in [4.78, 5) is 16.3. The minimum atomic E-state index is -0.196. The fraction of sp³-hybridized carbons (Fsp3) is 0.375. The molecule has 0 saturated heterocycles. The van der Waals surface area contributed by atoms with Crippen molar-refractivity contribution in [3.8, 4) is 28.6 Å². The number of halogens is 1. The quantitative estimate of drug-likeness (QED) is 0.384. The molecular formula is C24H27ClN2O4. The number of nitrogens with zero attached hydrogens (tertiary/aromatic N) is 2. The maximum absolute atomic E-state index is 11.8. The Labute approximate surface area is 187 Å². The van der Waals surface area contributed by atoms with Gasteiger partial charge < -0.3 is 14.0 Å². The molecule has 0 bridgehead atoms. The van der Waals surface area contributed by atoms with E-state index in [0.717, 1.165) is 28.7 Å². The smallest absolute Gasteiger partial charge is 0.306 e. The first-order valence-corrected chi connectivity index (χ1v) is 10.9. The first-order chi connectivity index (χ1) is 14.9. The van der Waals surface area contributed by atoms with Crippen LogP contribution >= 0.6 is 11.6 Å². The highest BCUT2D eigenvalue weighted by molar-refractivity contribution is 6.32. The van der Waals surface area contributed by atoms with Crippen LogP contribution in [0.5, 0.6) is 5.75 Å². The van der Waals surface area contributed by atoms with Crippen molar-refractivity contribution >= 4 is 17.6 Å². The maximum atomic E-state index is 11.8. The molecule has 0 radical (unpaired) electrons. The molecule has 0 aliphatic carbocycles. The lowest BCUT2D eigenvalue weighted by Crippen LogP contribution is -2.06. The van der Waals surface area contributed by atoms with E-state index in [1.165, 1.54) is 0 Å². The zero-order valence-electron chi connectivity index (χ0n) is 18.3. The summed E-state index contributed by atoms with van der Waals surface area (Å²) in [6, 6.07) is 11.3. The summed E-state index contributed by atoms with van der Waals surface area (Å²) in [6.07, 6.45) is 1.76. The summed E-state index contributed by atoms with van der Waals surface area (Å²) < 4.78 is 16.2. The van der Waals surface area contributed by atoms with Gasteiger partial charge in [-0.15, -0.1) is 0 Å². The van der Waals surface area contributed by atoms with Crippen molar-refractivity contribution in [2.75, 3.05) is 6.61 Å². The van der Waals surface area contributed by atoms with Gasteiger partial charge >= 0.3 is 5.97 Å². The van der Waals surface area contributed by atoms with Crippen molar-refractivity contribution < 1.29 is 18.8 Å². The zero-order chi connectivity index (χ0) is 22.4. The Balaban J connectivity index is 1.86. The van der Waals surface area contributed by atoms with Crippen molar-refractivity contribution in [2.24, 2.45) is 0 Å². The molecule has 0 fully saturated rings. The van der Waals surface area contributed by atoms with Gasteiger partial charge in [-0.2, -0.15) is 4.98 Å². The molecule has 0 aliphatic heterocycles. The summed E-state index contributed by atoms with van der Waals surface area (Å²) in [5.74, 6) is 1.30. The monoisotopic (exact) mass is 442 g/mol. The van der Waals surface area contributed by atoms with E-state index in [-0.39, 0.29) is 12.1 Å². The maximum Gasteiger partial charge on any atom is 0.306 e. The first kappa shape index (κ1) is 22.8. The number of esters is 1. The molecule has 7 heteroatoms. The number of hydrogen-bond acceptors (Lipinski definition) is 6. The fourth-order valence-corrected chi connectivity index (χ4v) is 3.62. The molecule has 6 nitrogen and oxygen atoms in total.